The molecule has 0 aliphatic heterocycles. The van der Waals surface area contributed by atoms with Gasteiger partial charge in [0, 0.05) is 16.6 Å². The number of halogens is 1. The van der Waals surface area contributed by atoms with E-state index in [9.17, 15) is 9.59 Å². The Kier molecular flexibility index (Phi) is 5.72. The van der Waals surface area contributed by atoms with Crippen LogP contribution in [-0.2, 0) is 9.59 Å². The van der Waals surface area contributed by atoms with Crippen molar-refractivity contribution in [3.63, 3.8) is 0 Å². The number of aromatic nitrogens is 1. The van der Waals surface area contributed by atoms with E-state index in [-0.39, 0.29) is 12.0 Å². The molecule has 2 N–H and O–H groups in total. The number of pyridine rings is 1. The number of carbonyl (C=O) groups excluding carboxylic acids is 2. The molecule has 0 saturated heterocycles. The van der Waals surface area contributed by atoms with Crippen LogP contribution in [0.1, 0.15) is 25.5 Å². The van der Waals surface area contributed by atoms with Gasteiger partial charge in [0.05, 0.1) is 17.2 Å². The van der Waals surface area contributed by atoms with E-state index in [0.29, 0.717) is 16.2 Å². The molecular weight excluding hydrogens is 362 g/mol. The van der Waals surface area contributed by atoms with Gasteiger partial charge in [0.2, 0.25) is 0 Å². The fraction of sp³-hybridized carbons (Fsp3) is 0.190. The van der Waals surface area contributed by atoms with Crippen molar-refractivity contribution in [1.82, 2.24) is 10.3 Å². The van der Waals surface area contributed by atoms with Crippen molar-refractivity contribution in [2.75, 3.05) is 5.32 Å². The minimum atomic E-state index is -0.745. The van der Waals surface area contributed by atoms with Crippen LogP contribution < -0.4 is 10.6 Å². The molecule has 3 rings (SSSR count). The number of amides is 2. The zero-order valence-electron chi connectivity index (χ0n) is 15.1. The Balaban J connectivity index is 1.78. The predicted octanol–water partition coefficient (Wildman–Crippen LogP) is 4.34. The number of rotatable bonds is 4. The highest BCUT2D eigenvalue weighted by Gasteiger charge is 2.24. The first kappa shape index (κ1) is 18.9. The summed E-state index contributed by atoms with van der Waals surface area (Å²) in [5.41, 5.74) is 1.90. The van der Waals surface area contributed by atoms with Crippen molar-refractivity contribution in [2.45, 2.75) is 19.9 Å². The van der Waals surface area contributed by atoms with Crippen LogP contribution in [0, 0.1) is 5.92 Å². The molecule has 0 saturated carbocycles. The van der Waals surface area contributed by atoms with E-state index in [1.165, 1.54) is 0 Å². The predicted molar refractivity (Wildman–Crippen MR) is 108 cm³/mol. The summed E-state index contributed by atoms with van der Waals surface area (Å²) in [5, 5.41) is 6.87. The van der Waals surface area contributed by atoms with Crippen molar-refractivity contribution >= 4 is 40.0 Å². The Morgan fingerprint density at radius 3 is 2.44 bits per heavy atom. The van der Waals surface area contributed by atoms with Crippen LogP contribution in [0.4, 0.5) is 5.69 Å². The fourth-order valence-electron chi connectivity index (χ4n) is 2.92. The monoisotopic (exact) mass is 381 g/mol. The molecule has 1 aromatic heterocycles. The second-order valence-electron chi connectivity index (χ2n) is 6.55. The maximum atomic E-state index is 12.5. The molecule has 0 aliphatic rings. The summed E-state index contributed by atoms with van der Waals surface area (Å²) >= 11 is 6.26. The van der Waals surface area contributed by atoms with E-state index < -0.39 is 11.8 Å². The standard InChI is InChI=1S/C21H20ClN3O2/c1-13(2)18(15-9-3-4-10-16(15)22)25-21(27)20(26)24-17-11-5-7-14-8-6-12-23-19(14)17/h3-13,18H,1-2H3,(H,24,26)(H,25,27). The van der Waals surface area contributed by atoms with Crippen molar-refractivity contribution in [3.05, 3.63) is 71.4 Å². The van der Waals surface area contributed by atoms with E-state index >= 15 is 0 Å². The molecule has 1 heterocycles. The molecule has 138 valence electrons. The Morgan fingerprint density at radius 2 is 1.70 bits per heavy atom. The molecule has 6 heteroatoms. The zero-order valence-corrected chi connectivity index (χ0v) is 15.8. The highest BCUT2D eigenvalue weighted by atomic mass is 35.5. The lowest BCUT2D eigenvalue weighted by molar-refractivity contribution is -0.136. The number of anilines is 1. The van der Waals surface area contributed by atoms with Crippen LogP contribution in [0.2, 0.25) is 5.02 Å². The highest BCUT2D eigenvalue weighted by molar-refractivity contribution is 6.40. The molecule has 0 spiro atoms. The number of benzene rings is 2. The van der Waals surface area contributed by atoms with Crippen molar-refractivity contribution in [2.24, 2.45) is 5.92 Å². The molecule has 0 aliphatic carbocycles. The van der Waals surface area contributed by atoms with E-state index in [1.54, 1.807) is 24.4 Å². The average molecular weight is 382 g/mol. The minimum absolute atomic E-state index is 0.0564. The van der Waals surface area contributed by atoms with E-state index in [1.807, 2.05) is 50.2 Å². The van der Waals surface area contributed by atoms with Gasteiger partial charge in [0.15, 0.2) is 0 Å². The molecule has 0 fully saturated rings. The van der Waals surface area contributed by atoms with Gasteiger partial charge in [-0.1, -0.05) is 61.8 Å². The second-order valence-corrected chi connectivity index (χ2v) is 6.96. The summed E-state index contributed by atoms with van der Waals surface area (Å²) in [5.74, 6) is -1.41. The topological polar surface area (TPSA) is 71.1 Å². The van der Waals surface area contributed by atoms with Crippen LogP contribution in [-0.4, -0.2) is 16.8 Å². The Morgan fingerprint density at radius 1 is 0.963 bits per heavy atom. The average Bonchev–Trinajstić information content (AvgIpc) is 2.66. The summed E-state index contributed by atoms with van der Waals surface area (Å²) in [6.45, 7) is 3.92. The van der Waals surface area contributed by atoms with Gasteiger partial charge >= 0.3 is 11.8 Å². The van der Waals surface area contributed by atoms with E-state index in [2.05, 4.69) is 15.6 Å². The van der Waals surface area contributed by atoms with Crippen LogP contribution in [0.5, 0.6) is 0 Å². The molecule has 2 amide bonds. The summed E-state index contributed by atoms with van der Waals surface area (Å²) < 4.78 is 0. The van der Waals surface area contributed by atoms with Gasteiger partial charge in [-0.2, -0.15) is 0 Å². The molecule has 0 radical (unpaired) electrons. The largest absolute Gasteiger partial charge is 0.341 e. The minimum Gasteiger partial charge on any atom is -0.341 e. The molecule has 1 atom stereocenters. The van der Waals surface area contributed by atoms with Gasteiger partial charge in [0.1, 0.15) is 0 Å². The molecular formula is C21H20ClN3O2. The molecule has 27 heavy (non-hydrogen) atoms. The summed E-state index contributed by atoms with van der Waals surface area (Å²) in [4.78, 5) is 29.2. The zero-order chi connectivity index (χ0) is 19.4. The SMILES string of the molecule is CC(C)C(NC(=O)C(=O)Nc1cccc2cccnc12)c1ccccc1Cl. The maximum absolute atomic E-state index is 12.5. The van der Waals surface area contributed by atoms with E-state index in [4.69, 9.17) is 11.6 Å². The number of hydrogen-bond acceptors (Lipinski definition) is 3. The van der Waals surface area contributed by atoms with Gasteiger partial charge in [-0.05, 0) is 29.7 Å². The normalized spacial score (nSPS) is 12.0. The Hall–Kier alpha value is -2.92. The fourth-order valence-corrected chi connectivity index (χ4v) is 3.18. The van der Waals surface area contributed by atoms with Gasteiger partial charge < -0.3 is 10.6 Å². The van der Waals surface area contributed by atoms with Gasteiger partial charge in [-0.25, -0.2) is 0 Å². The lowest BCUT2D eigenvalue weighted by Gasteiger charge is -2.23. The van der Waals surface area contributed by atoms with Crippen molar-refractivity contribution in [1.29, 1.82) is 0 Å². The quantitative estimate of drug-likeness (QED) is 0.660. The van der Waals surface area contributed by atoms with Crippen molar-refractivity contribution < 1.29 is 9.59 Å². The summed E-state index contributed by atoms with van der Waals surface area (Å²) in [7, 11) is 0. The van der Waals surface area contributed by atoms with Crippen molar-refractivity contribution in [3.8, 4) is 0 Å². The Labute approximate surface area is 162 Å². The van der Waals surface area contributed by atoms with Crippen LogP contribution >= 0.6 is 11.6 Å². The van der Waals surface area contributed by atoms with Crippen LogP contribution in [0.15, 0.2) is 60.8 Å². The number of hydrogen-bond donors (Lipinski definition) is 2. The lowest BCUT2D eigenvalue weighted by atomic mass is 9.96. The number of nitrogens with zero attached hydrogens (tertiary/aromatic N) is 1. The first-order valence-corrected chi connectivity index (χ1v) is 9.05. The first-order valence-electron chi connectivity index (χ1n) is 8.67. The maximum Gasteiger partial charge on any atom is 0.313 e. The lowest BCUT2D eigenvalue weighted by Crippen LogP contribution is -2.39. The summed E-state index contributed by atoms with van der Waals surface area (Å²) in [6.07, 6.45) is 1.64. The number of carbonyl (C=O) groups is 2. The highest BCUT2D eigenvalue weighted by Crippen LogP contribution is 2.28. The van der Waals surface area contributed by atoms with Gasteiger partial charge in [0.25, 0.3) is 0 Å². The molecule has 0 bridgehead atoms. The molecule has 5 nitrogen and oxygen atoms in total. The molecule has 1 unspecified atom stereocenters. The van der Waals surface area contributed by atoms with Gasteiger partial charge in [-0.3, -0.25) is 14.6 Å². The first-order chi connectivity index (χ1) is 13.0. The number of fused-ring (bicyclic) bond motifs is 1. The molecule has 2 aromatic carbocycles. The third-order valence-electron chi connectivity index (χ3n) is 4.28. The molecule has 3 aromatic rings. The third-order valence-corrected chi connectivity index (χ3v) is 4.62. The Bertz CT molecular complexity index is 983. The number of nitrogens with one attached hydrogen (secondary N) is 2. The van der Waals surface area contributed by atoms with Crippen LogP contribution in [0.3, 0.4) is 0 Å². The van der Waals surface area contributed by atoms with E-state index in [0.717, 1.165) is 10.9 Å². The second kappa shape index (κ2) is 8.18. The van der Waals surface area contributed by atoms with Crippen LogP contribution in [0.25, 0.3) is 10.9 Å². The summed E-state index contributed by atoms with van der Waals surface area (Å²) in [6, 6.07) is 16.0. The smallest absolute Gasteiger partial charge is 0.313 e. The number of para-hydroxylation sites is 1. The third kappa shape index (κ3) is 4.26. The van der Waals surface area contributed by atoms with Gasteiger partial charge in [-0.15, -0.1) is 0 Å².